The quantitative estimate of drug-likeness (QED) is 0.869. The second kappa shape index (κ2) is 7.01. The summed E-state index contributed by atoms with van der Waals surface area (Å²) in [7, 11) is 1.69. The molecule has 5 nitrogen and oxygen atoms in total. The standard InChI is InChI=1S/C17H26N2O3/c1-17(2,3)22-16(20)19-10-8-13-6-5-7-15(14(13)12-19)18-9-11-21-4/h5-7,18H,8-12H2,1-4H3. The number of ether oxygens (including phenoxy) is 2. The van der Waals surface area contributed by atoms with Gasteiger partial charge >= 0.3 is 6.09 Å². The van der Waals surface area contributed by atoms with E-state index in [4.69, 9.17) is 9.47 Å². The minimum Gasteiger partial charge on any atom is -0.444 e. The molecular formula is C17H26N2O3. The predicted octanol–water partition coefficient (Wildman–Crippen LogP) is 3.04. The van der Waals surface area contributed by atoms with Gasteiger partial charge in [0, 0.05) is 25.9 Å². The van der Waals surface area contributed by atoms with Crippen LogP contribution in [0, 0.1) is 0 Å². The third-order valence-corrected chi connectivity index (χ3v) is 3.55. The number of carbonyl (C=O) groups excluding carboxylic acids is 1. The largest absolute Gasteiger partial charge is 0.444 e. The lowest BCUT2D eigenvalue weighted by atomic mass is 9.98. The molecule has 0 saturated carbocycles. The number of fused-ring (bicyclic) bond motifs is 1. The zero-order chi connectivity index (χ0) is 16.2. The number of benzene rings is 1. The van der Waals surface area contributed by atoms with Crippen LogP contribution in [0.4, 0.5) is 10.5 Å². The molecule has 122 valence electrons. The predicted molar refractivity (Wildman–Crippen MR) is 87.2 cm³/mol. The summed E-state index contributed by atoms with van der Waals surface area (Å²) in [5.74, 6) is 0. The Morgan fingerprint density at radius 3 is 2.82 bits per heavy atom. The van der Waals surface area contributed by atoms with Crippen LogP contribution in [0.25, 0.3) is 0 Å². The molecule has 1 aromatic rings. The molecule has 1 aromatic carbocycles. The Kier molecular flexibility index (Phi) is 5.29. The average molecular weight is 306 g/mol. The van der Waals surface area contributed by atoms with Gasteiger partial charge in [-0.05, 0) is 44.4 Å². The lowest BCUT2D eigenvalue weighted by Crippen LogP contribution is -2.40. The molecule has 0 saturated heterocycles. The first-order valence-electron chi connectivity index (χ1n) is 7.72. The summed E-state index contributed by atoms with van der Waals surface area (Å²) in [6.07, 6.45) is 0.610. The van der Waals surface area contributed by atoms with E-state index in [1.54, 1.807) is 12.0 Å². The Bertz CT molecular complexity index is 523. The highest BCUT2D eigenvalue weighted by atomic mass is 16.6. The summed E-state index contributed by atoms with van der Waals surface area (Å²) in [5.41, 5.74) is 3.08. The smallest absolute Gasteiger partial charge is 0.410 e. The van der Waals surface area contributed by atoms with Crippen LogP contribution in [-0.2, 0) is 22.4 Å². The normalized spacial score (nSPS) is 14.5. The second-order valence-electron chi connectivity index (χ2n) is 6.51. The summed E-state index contributed by atoms with van der Waals surface area (Å²) in [4.78, 5) is 14.0. The van der Waals surface area contributed by atoms with Crippen molar-refractivity contribution in [3.8, 4) is 0 Å². The molecule has 0 radical (unpaired) electrons. The van der Waals surface area contributed by atoms with Crippen LogP contribution in [0.5, 0.6) is 0 Å². The molecule has 1 heterocycles. The van der Waals surface area contributed by atoms with Gasteiger partial charge in [-0.15, -0.1) is 0 Å². The lowest BCUT2D eigenvalue weighted by molar-refractivity contribution is 0.0224. The average Bonchev–Trinajstić information content (AvgIpc) is 2.45. The van der Waals surface area contributed by atoms with Crippen molar-refractivity contribution < 1.29 is 14.3 Å². The Morgan fingerprint density at radius 1 is 1.36 bits per heavy atom. The molecule has 0 spiro atoms. The maximum atomic E-state index is 12.3. The minimum atomic E-state index is -0.465. The first kappa shape index (κ1) is 16.6. The van der Waals surface area contributed by atoms with E-state index >= 15 is 0 Å². The van der Waals surface area contributed by atoms with Gasteiger partial charge in [0.05, 0.1) is 13.2 Å². The third-order valence-electron chi connectivity index (χ3n) is 3.55. The van der Waals surface area contributed by atoms with E-state index in [2.05, 4.69) is 17.4 Å². The maximum Gasteiger partial charge on any atom is 0.410 e. The molecule has 0 bridgehead atoms. The molecule has 22 heavy (non-hydrogen) atoms. The highest BCUT2D eigenvalue weighted by Crippen LogP contribution is 2.27. The summed E-state index contributed by atoms with van der Waals surface area (Å²) in [6, 6.07) is 6.23. The molecule has 5 heteroatoms. The van der Waals surface area contributed by atoms with Crippen LogP contribution in [-0.4, -0.2) is 43.4 Å². The number of amides is 1. The van der Waals surface area contributed by atoms with Gasteiger partial charge in [-0.25, -0.2) is 4.79 Å². The molecule has 1 amide bonds. The van der Waals surface area contributed by atoms with E-state index in [-0.39, 0.29) is 6.09 Å². The number of carbonyl (C=O) groups is 1. The Balaban J connectivity index is 2.09. The van der Waals surface area contributed by atoms with Crippen LogP contribution in [0.1, 0.15) is 31.9 Å². The highest BCUT2D eigenvalue weighted by molar-refractivity contribution is 5.69. The van der Waals surface area contributed by atoms with Crippen molar-refractivity contribution in [2.45, 2.75) is 39.3 Å². The number of anilines is 1. The van der Waals surface area contributed by atoms with Gasteiger partial charge in [-0.1, -0.05) is 12.1 Å². The molecule has 0 unspecified atom stereocenters. The lowest BCUT2D eigenvalue weighted by Gasteiger charge is -2.32. The number of hydrogen-bond donors (Lipinski definition) is 1. The van der Waals surface area contributed by atoms with Crippen LogP contribution in [0.3, 0.4) is 0 Å². The van der Waals surface area contributed by atoms with Crippen LogP contribution in [0.15, 0.2) is 18.2 Å². The van der Waals surface area contributed by atoms with Crippen molar-refractivity contribution in [3.05, 3.63) is 29.3 Å². The van der Waals surface area contributed by atoms with Gasteiger partial charge in [-0.3, -0.25) is 0 Å². The fraction of sp³-hybridized carbons (Fsp3) is 0.588. The molecule has 0 aromatic heterocycles. The van der Waals surface area contributed by atoms with E-state index in [1.807, 2.05) is 26.8 Å². The number of nitrogens with zero attached hydrogens (tertiary/aromatic N) is 1. The SMILES string of the molecule is COCCNc1cccc2c1CN(C(=O)OC(C)(C)C)CC2. The van der Waals surface area contributed by atoms with Gasteiger partial charge in [0.2, 0.25) is 0 Å². The fourth-order valence-electron chi connectivity index (χ4n) is 2.52. The first-order chi connectivity index (χ1) is 10.4. The molecule has 1 aliphatic heterocycles. The van der Waals surface area contributed by atoms with E-state index in [9.17, 15) is 4.79 Å². The Morgan fingerprint density at radius 2 is 2.14 bits per heavy atom. The van der Waals surface area contributed by atoms with Gasteiger partial charge in [0.15, 0.2) is 0 Å². The van der Waals surface area contributed by atoms with E-state index in [1.165, 1.54) is 11.1 Å². The zero-order valence-corrected chi connectivity index (χ0v) is 13.9. The van der Waals surface area contributed by atoms with Crippen molar-refractivity contribution in [2.24, 2.45) is 0 Å². The van der Waals surface area contributed by atoms with Gasteiger partial charge in [0.25, 0.3) is 0 Å². The number of hydrogen-bond acceptors (Lipinski definition) is 4. The zero-order valence-electron chi connectivity index (χ0n) is 13.9. The van der Waals surface area contributed by atoms with E-state index in [0.717, 1.165) is 18.7 Å². The summed E-state index contributed by atoms with van der Waals surface area (Å²) >= 11 is 0. The summed E-state index contributed by atoms with van der Waals surface area (Å²) in [6.45, 7) is 8.35. The molecule has 0 fully saturated rings. The van der Waals surface area contributed by atoms with Gasteiger partial charge < -0.3 is 19.7 Å². The van der Waals surface area contributed by atoms with Crippen LogP contribution >= 0.6 is 0 Å². The van der Waals surface area contributed by atoms with E-state index in [0.29, 0.717) is 19.7 Å². The molecule has 2 rings (SSSR count). The third kappa shape index (κ3) is 4.37. The maximum absolute atomic E-state index is 12.3. The summed E-state index contributed by atoms with van der Waals surface area (Å²) in [5, 5.41) is 3.38. The monoisotopic (exact) mass is 306 g/mol. The van der Waals surface area contributed by atoms with Crippen LogP contribution < -0.4 is 5.32 Å². The number of rotatable bonds is 4. The topological polar surface area (TPSA) is 50.8 Å². The Hall–Kier alpha value is -1.75. The van der Waals surface area contributed by atoms with E-state index < -0.39 is 5.60 Å². The van der Waals surface area contributed by atoms with Gasteiger partial charge in [-0.2, -0.15) is 0 Å². The first-order valence-corrected chi connectivity index (χ1v) is 7.72. The minimum absolute atomic E-state index is 0.246. The van der Waals surface area contributed by atoms with Crippen molar-refractivity contribution in [3.63, 3.8) is 0 Å². The van der Waals surface area contributed by atoms with Gasteiger partial charge in [0.1, 0.15) is 5.60 Å². The Labute approximate surface area is 132 Å². The van der Waals surface area contributed by atoms with Crippen LogP contribution in [0.2, 0.25) is 0 Å². The van der Waals surface area contributed by atoms with Crippen molar-refractivity contribution in [1.29, 1.82) is 0 Å². The molecular weight excluding hydrogens is 280 g/mol. The van der Waals surface area contributed by atoms with Crippen molar-refractivity contribution in [2.75, 3.05) is 32.1 Å². The molecule has 0 atom stereocenters. The molecule has 0 aliphatic carbocycles. The molecule has 1 N–H and O–H groups in total. The fourth-order valence-corrected chi connectivity index (χ4v) is 2.52. The number of methoxy groups -OCH3 is 1. The highest BCUT2D eigenvalue weighted by Gasteiger charge is 2.26. The second-order valence-corrected chi connectivity index (χ2v) is 6.51. The summed E-state index contributed by atoms with van der Waals surface area (Å²) < 4.78 is 10.6. The van der Waals surface area contributed by atoms with Crippen molar-refractivity contribution >= 4 is 11.8 Å². The number of nitrogens with one attached hydrogen (secondary N) is 1. The van der Waals surface area contributed by atoms with Crippen molar-refractivity contribution in [1.82, 2.24) is 4.90 Å². The molecule has 1 aliphatic rings.